The minimum Gasteiger partial charge on any atom is -0.481 e. The first kappa shape index (κ1) is 12.0. The average molecular weight is 239 g/mol. The third kappa shape index (κ3) is 2.31. The second kappa shape index (κ2) is 4.10. The van der Waals surface area contributed by atoms with Gasteiger partial charge in [0.25, 0.3) is 0 Å². The molecule has 0 amide bonds. The molecule has 1 aromatic heterocycles. The standard InChI is InChI=1S/C11H17N3O3/c1-7(2)14-9(12-6-13-14)5-11(17)3-8(4-11)10(15)16/h6-8,17H,3-5H2,1-2H3,(H,15,16). The van der Waals surface area contributed by atoms with Crippen molar-refractivity contribution in [1.82, 2.24) is 14.8 Å². The number of aliphatic carboxylic acids is 1. The van der Waals surface area contributed by atoms with E-state index in [1.165, 1.54) is 6.33 Å². The van der Waals surface area contributed by atoms with Crippen LogP contribution in [-0.2, 0) is 11.2 Å². The Hall–Kier alpha value is -1.43. The molecule has 6 nitrogen and oxygen atoms in total. The molecule has 0 unspecified atom stereocenters. The van der Waals surface area contributed by atoms with E-state index in [1.807, 2.05) is 13.8 Å². The number of carboxylic acids is 1. The number of hydrogen-bond donors (Lipinski definition) is 2. The third-order valence-corrected chi connectivity index (χ3v) is 3.23. The normalized spacial score (nSPS) is 28.1. The van der Waals surface area contributed by atoms with Gasteiger partial charge < -0.3 is 10.2 Å². The lowest BCUT2D eigenvalue weighted by Gasteiger charge is -2.41. The first-order valence-electron chi connectivity index (χ1n) is 5.75. The van der Waals surface area contributed by atoms with E-state index in [1.54, 1.807) is 4.68 Å². The molecule has 0 bridgehead atoms. The van der Waals surface area contributed by atoms with Crippen molar-refractivity contribution in [3.05, 3.63) is 12.2 Å². The maximum absolute atomic E-state index is 10.7. The molecule has 1 fully saturated rings. The lowest BCUT2D eigenvalue weighted by atomic mass is 9.69. The van der Waals surface area contributed by atoms with Crippen molar-refractivity contribution in [2.24, 2.45) is 5.92 Å². The van der Waals surface area contributed by atoms with Crippen LogP contribution in [0.15, 0.2) is 6.33 Å². The van der Waals surface area contributed by atoms with E-state index in [4.69, 9.17) is 5.11 Å². The van der Waals surface area contributed by atoms with Crippen LogP contribution in [0.1, 0.15) is 38.6 Å². The number of aromatic nitrogens is 3. The van der Waals surface area contributed by atoms with Crippen molar-refractivity contribution >= 4 is 5.97 Å². The van der Waals surface area contributed by atoms with E-state index in [0.29, 0.717) is 25.1 Å². The van der Waals surface area contributed by atoms with E-state index in [9.17, 15) is 9.90 Å². The molecule has 0 aliphatic heterocycles. The summed E-state index contributed by atoms with van der Waals surface area (Å²) < 4.78 is 1.76. The molecule has 0 saturated heterocycles. The fourth-order valence-electron chi connectivity index (χ4n) is 2.30. The molecule has 0 aromatic carbocycles. The van der Waals surface area contributed by atoms with Gasteiger partial charge in [-0.25, -0.2) is 9.67 Å². The molecule has 2 rings (SSSR count). The molecule has 1 aliphatic carbocycles. The topological polar surface area (TPSA) is 88.2 Å². The van der Waals surface area contributed by atoms with Crippen LogP contribution in [-0.4, -0.2) is 36.5 Å². The Bertz CT molecular complexity index is 421. The molecule has 2 N–H and O–H groups in total. The van der Waals surface area contributed by atoms with Gasteiger partial charge in [-0.1, -0.05) is 0 Å². The van der Waals surface area contributed by atoms with Crippen LogP contribution in [0, 0.1) is 5.92 Å². The summed E-state index contributed by atoms with van der Waals surface area (Å²) in [5, 5.41) is 23.0. The van der Waals surface area contributed by atoms with Crippen molar-refractivity contribution in [2.75, 3.05) is 0 Å². The summed E-state index contributed by atoms with van der Waals surface area (Å²) in [7, 11) is 0. The molecule has 17 heavy (non-hydrogen) atoms. The smallest absolute Gasteiger partial charge is 0.306 e. The van der Waals surface area contributed by atoms with Crippen molar-refractivity contribution < 1.29 is 15.0 Å². The Labute approximate surface area is 99.3 Å². The Morgan fingerprint density at radius 3 is 2.82 bits per heavy atom. The van der Waals surface area contributed by atoms with Gasteiger partial charge in [-0.3, -0.25) is 4.79 Å². The highest BCUT2D eigenvalue weighted by Crippen LogP contribution is 2.40. The zero-order valence-corrected chi connectivity index (χ0v) is 10.00. The maximum Gasteiger partial charge on any atom is 0.306 e. The number of rotatable bonds is 4. The van der Waals surface area contributed by atoms with Crippen molar-refractivity contribution in [2.45, 2.75) is 44.8 Å². The monoisotopic (exact) mass is 239 g/mol. The lowest BCUT2D eigenvalue weighted by Crippen LogP contribution is -2.49. The Morgan fingerprint density at radius 2 is 2.29 bits per heavy atom. The summed E-state index contributed by atoms with van der Waals surface area (Å²) in [5.74, 6) is -0.540. The molecule has 1 saturated carbocycles. The van der Waals surface area contributed by atoms with Gasteiger partial charge in [-0.15, -0.1) is 0 Å². The summed E-state index contributed by atoms with van der Waals surface area (Å²) in [6, 6.07) is 0.187. The van der Waals surface area contributed by atoms with Crippen LogP contribution in [0.5, 0.6) is 0 Å². The second-order valence-electron chi connectivity index (χ2n) is 5.06. The van der Waals surface area contributed by atoms with Gasteiger partial charge >= 0.3 is 5.97 Å². The summed E-state index contributed by atoms with van der Waals surface area (Å²) in [4.78, 5) is 14.8. The second-order valence-corrected chi connectivity index (χ2v) is 5.06. The fraction of sp³-hybridized carbons (Fsp3) is 0.727. The van der Waals surface area contributed by atoms with Crippen LogP contribution < -0.4 is 0 Å². The van der Waals surface area contributed by atoms with E-state index < -0.39 is 17.5 Å². The van der Waals surface area contributed by atoms with E-state index in [2.05, 4.69) is 10.1 Å². The van der Waals surface area contributed by atoms with E-state index in [0.717, 1.165) is 0 Å². The van der Waals surface area contributed by atoms with Gasteiger partial charge in [0.2, 0.25) is 0 Å². The molecule has 0 atom stereocenters. The van der Waals surface area contributed by atoms with Gasteiger partial charge in [-0.05, 0) is 26.7 Å². The van der Waals surface area contributed by atoms with Gasteiger partial charge in [0.05, 0.1) is 11.5 Å². The highest BCUT2D eigenvalue weighted by atomic mass is 16.4. The van der Waals surface area contributed by atoms with Crippen LogP contribution >= 0.6 is 0 Å². The van der Waals surface area contributed by atoms with Gasteiger partial charge in [-0.2, -0.15) is 5.10 Å². The van der Waals surface area contributed by atoms with Crippen molar-refractivity contribution in [3.8, 4) is 0 Å². The van der Waals surface area contributed by atoms with E-state index >= 15 is 0 Å². The average Bonchev–Trinajstić information content (AvgIpc) is 2.61. The quantitative estimate of drug-likeness (QED) is 0.804. The molecular formula is C11H17N3O3. The molecule has 1 aliphatic rings. The van der Waals surface area contributed by atoms with Crippen LogP contribution in [0.3, 0.4) is 0 Å². The van der Waals surface area contributed by atoms with Gasteiger partial charge in [0.15, 0.2) is 0 Å². The number of carboxylic acid groups (broad SMARTS) is 1. The molecule has 1 aromatic rings. The van der Waals surface area contributed by atoms with Crippen LogP contribution in [0.25, 0.3) is 0 Å². The summed E-state index contributed by atoms with van der Waals surface area (Å²) >= 11 is 0. The van der Waals surface area contributed by atoms with Gasteiger partial charge in [0, 0.05) is 12.5 Å². The number of aliphatic hydroxyl groups is 1. The fourth-order valence-corrected chi connectivity index (χ4v) is 2.30. The minimum atomic E-state index is -0.928. The summed E-state index contributed by atoms with van der Waals surface area (Å²) in [5.41, 5.74) is -0.928. The maximum atomic E-state index is 10.7. The van der Waals surface area contributed by atoms with Crippen LogP contribution in [0.2, 0.25) is 0 Å². The molecule has 94 valence electrons. The zero-order valence-electron chi connectivity index (χ0n) is 10.00. The Morgan fingerprint density at radius 1 is 1.65 bits per heavy atom. The predicted molar refractivity (Wildman–Crippen MR) is 59.4 cm³/mol. The number of carbonyl (C=O) groups is 1. The largest absolute Gasteiger partial charge is 0.481 e. The Kier molecular flexibility index (Phi) is 2.91. The molecular weight excluding hydrogens is 222 g/mol. The lowest BCUT2D eigenvalue weighted by molar-refractivity contribution is -0.158. The minimum absolute atomic E-state index is 0.187. The van der Waals surface area contributed by atoms with E-state index in [-0.39, 0.29) is 6.04 Å². The molecule has 0 radical (unpaired) electrons. The number of hydrogen-bond acceptors (Lipinski definition) is 4. The SMILES string of the molecule is CC(C)n1ncnc1CC1(O)CC(C(=O)O)C1. The summed E-state index contributed by atoms with van der Waals surface area (Å²) in [6.45, 7) is 3.98. The predicted octanol–water partition coefficient (Wildman–Crippen LogP) is 0.627. The highest BCUT2D eigenvalue weighted by molar-refractivity contribution is 5.71. The third-order valence-electron chi connectivity index (χ3n) is 3.23. The highest BCUT2D eigenvalue weighted by Gasteiger charge is 2.47. The Balaban J connectivity index is 2.02. The molecule has 1 heterocycles. The van der Waals surface area contributed by atoms with Crippen molar-refractivity contribution in [3.63, 3.8) is 0 Å². The van der Waals surface area contributed by atoms with Gasteiger partial charge in [0.1, 0.15) is 12.2 Å². The summed E-state index contributed by atoms with van der Waals surface area (Å²) in [6.07, 6.45) is 2.43. The first-order valence-corrected chi connectivity index (χ1v) is 5.75. The zero-order chi connectivity index (χ0) is 12.6. The molecule has 6 heteroatoms. The molecule has 0 spiro atoms. The van der Waals surface area contributed by atoms with Crippen molar-refractivity contribution in [1.29, 1.82) is 0 Å². The first-order chi connectivity index (χ1) is 7.91. The van der Waals surface area contributed by atoms with Crippen LogP contribution in [0.4, 0.5) is 0 Å². The number of nitrogens with zero attached hydrogens (tertiary/aromatic N) is 3.